The van der Waals surface area contributed by atoms with Crippen molar-refractivity contribution in [3.63, 3.8) is 0 Å². The summed E-state index contributed by atoms with van der Waals surface area (Å²) in [6.07, 6.45) is 6.27. The predicted octanol–water partition coefficient (Wildman–Crippen LogP) is 2.29. The molecule has 158 valence electrons. The van der Waals surface area contributed by atoms with Crippen LogP contribution in [0.2, 0.25) is 0 Å². The Morgan fingerprint density at radius 1 is 1.27 bits per heavy atom. The molecule has 0 atom stereocenters. The van der Waals surface area contributed by atoms with E-state index in [4.69, 9.17) is 15.9 Å². The van der Waals surface area contributed by atoms with Crippen LogP contribution in [0.15, 0.2) is 35.8 Å². The maximum atomic E-state index is 11.9. The Morgan fingerprint density at radius 2 is 2.07 bits per heavy atom. The van der Waals surface area contributed by atoms with Gasteiger partial charge in [-0.05, 0) is 24.5 Å². The van der Waals surface area contributed by atoms with Gasteiger partial charge in [-0.25, -0.2) is 0 Å². The molecule has 0 saturated heterocycles. The Hall–Kier alpha value is -3.29. The molecule has 0 unspecified atom stereocenters. The molecular weight excluding hydrogens is 380 g/mol. The fourth-order valence-electron chi connectivity index (χ4n) is 4.24. The summed E-state index contributed by atoms with van der Waals surface area (Å²) in [7, 11) is 3.55. The number of hydrogen-bond acceptors (Lipinski definition) is 5. The first kappa shape index (κ1) is 20.0. The van der Waals surface area contributed by atoms with E-state index >= 15 is 0 Å². The van der Waals surface area contributed by atoms with Crippen molar-refractivity contribution in [3.05, 3.63) is 41.4 Å². The lowest BCUT2D eigenvalue weighted by atomic mass is 9.95. The highest BCUT2D eigenvalue weighted by molar-refractivity contribution is 6.09. The molecule has 0 saturated carbocycles. The van der Waals surface area contributed by atoms with Gasteiger partial charge in [-0.1, -0.05) is 0 Å². The topological polar surface area (TPSA) is 100 Å². The molecule has 0 bridgehead atoms. The first-order chi connectivity index (χ1) is 14.4. The second-order valence-corrected chi connectivity index (χ2v) is 7.88. The number of fused-ring (bicyclic) bond motifs is 1. The fourth-order valence-corrected chi connectivity index (χ4v) is 4.24. The summed E-state index contributed by atoms with van der Waals surface area (Å²) in [5, 5.41) is 13.2. The summed E-state index contributed by atoms with van der Waals surface area (Å²) in [4.78, 5) is 15.6. The summed E-state index contributed by atoms with van der Waals surface area (Å²) in [6.45, 7) is 3.29. The molecule has 8 heteroatoms. The van der Waals surface area contributed by atoms with Crippen LogP contribution in [0, 0.1) is 5.41 Å². The Kier molecular flexibility index (Phi) is 5.24. The zero-order valence-electron chi connectivity index (χ0n) is 17.7. The molecule has 3 N–H and O–H groups in total. The van der Waals surface area contributed by atoms with Gasteiger partial charge in [0.15, 0.2) is 0 Å². The SMILES string of the molecule is COc1cc2c(cc1-c1cnn(C)c1)CCCN2C(=N)C1=C(N)CCN(C(C)=O)C1. The van der Waals surface area contributed by atoms with Gasteiger partial charge in [0.2, 0.25) is 5.91 Å². The van der Waals surface area contributed by atoms with Crippen LogP contribution in [-0.2, 0) is 18.3 Å². The zero-order valence-corrected chi connectivity index (χ0v) is 17.7. The molecule has 0 spiro atoms. The van der Waals surface area contributed by atoms with E-state index < -0.39 is 0 Å². The van der Waals surface area contributed by atoms with Crippen LogP contribution < -0.4 is 15.4 Å². The van der Waals surface area contributed by atoms with Gasteiger partial charge in [-0.2, -0.15) is 5.10 Å². The molecule has 3 heterocycles. The first-order valence-corrected chi connectivity index (χ1v) is 10.2. The number of carbonyl (C=O) groups is 1. The number of methoxy groups -OCH3 is 1. The van der Waals surface area contributed by atoms with E-state index in [2.05, 4.69) is 11.2 Å². The van der Waals surface area contributed by atoms with Crippen molar-refractivity contribution < 1.29 is 9.53 Å². The molecule has 1 amide bonds. The Labute approximate surface area is 176 Å². The van der Waals surface area contributed by atoms with Gasteiger partial charge >= 0.3 is 0 Å². The van der Waals surface area contributed by atoms with Crippen molar-refractivity contribution in [3.8, 4) is 16.9 Å². The van der Waals surface area contributed by atoms with Crippen LogP contribution in [0.3, 0.4) is 0 Å². The van der Waals surface area contributed by atoms with E-state index in [-0.39, 0.29) is 5.91 Å². The van der Waals surface area contributed by atoms with E-state index in [9.17, 15) is 4.79 Å². The third-order valence-electron chi connectivity index (χ3n) is 5.92. The number of nitrogens with two attached hydrogens (primary N) is 1. The highest BCUT2D eigenvalue weighted by Gasteiger charge is 2.29. The van der Waals surface area contributed by atoms with Gasteiger partial charge in [0.05, 0.1) is 19.9 Å². The molecule has 0 radical (unpaired) electrons. The van der Waals surface area contributed by atoms with Gasteiger partial charge in [0.1, 0.15) is 11.6 Å². The molecule has 30 heavy (non-hydrogen) atoms. The number of benzene rings is 1. The number of nitrogens with zero attached hydrogens (tertiary/aromatic N) is 4. The molecule has 2 aliphatic rings. The van der Waals surface area contributed by atoms with E-state index in [0.717, 1.165) is 47.5 Å². The van der Waals surface area contributed by atoms with Gasteiger partial charge in [-0.3, -0.25) is 14.9 Å². The summed E-state index contributed by atoms with van der Waals surface area (Å²) < 4.78 is 7.47. The van der Waals surface area contributed by atoms with E-state index in [0.29, 0.717) is 31.0 Å². The van der Waals surface area contributed by atoms with Crippen LogP contribution >= 0.6 is 0 Å². The molecule has 0 aliphatic carbocycles. The number of rotatable bonds is 3. The minimum atomic E-state index is 0.00891. The van der Waals surface area contributed by atoms with Gasteiger partial charge in [0.25, 0.3) is 0 Å². The van der Waals surface area contributed by atoms with Crippen molar-refractivity contribution in [1.29, 1.82) is 5.41 Å². The lowest BCUT2D eigenvalue weighted by Crippen LogP contribution is -2.44. The molecule has 4 rings (SSSR count). The molecule has 8 nitrogen and oxygen atoms in total. The van der Waals surface area contributed by atoms with Crippen molar-refractivity contribution >= 4 is 17.4 Å². The van der Waals surface area contributed by atoms with Gasteiger partial charge in [-0.15, -0.1) is 0 Å². The van der Waals surface area contributed by atoms with E-state index in [1.807, 2.05) is 30.4 Å². The minimum Gasteiger partial charge on any atom is -0.496 e. The Balaban J connectivity index is 1.71. The number of amidine groups is 1. The number of nitrogens with one attached hydrogen (secondary N) is 1. The summed E-state index contributed by atoms with van der Waals surface area (Å²) in [5.74, 6) is 1.13. The number of aryl methyl sites for hydroxylation is 2. The van der Waals surface area contributed by atoms with Crippen LogP contribution in [-0.4, -0.2) is 53.2 Å². The zero-order chi connectivity index (χ0) is 21.4. The number of aromatic nitrogens is 2. The highest BCUT2D eigenvalue weighted by atomic mass is 16.5. The maximum Gasteiger partial charge on any atom is 0.219 e. The second-order valence-electron chi connectivity index (χ2n) is 7.88. The third-order valence-corrected chi connectivity index (χ3v) is 5.92. The monoisotopic (exact) mass is 408 g/mol. The largest absolute Gasteiger partial charge is 0.496 e. The first-order valence-electron chi connectivity index (χ1n) is 10.2. The summed E-state index contributed by atoms with van der Waals surface area (Å²) >= 11 is 0. The summed E-state index contributed by atoms with van der Waals surface area (Å²) in [6, 6.07) is 4.15. The average Bonchev–Trinajstić information content (AvgIpc) is 3.18. The predicted molar refractivity (Wildman–Crippen MR) is 117 cm³/mol. The lowest BCUT2D eigenvalue weighted by Gasteiger charge is -2.36. The Morgan fingerprint density at radius 3 is 2.73 bits per heavy atom. The normalized spacial score (nSPS) is 16.5. The second kappa shape index (κ2) is 7.85. The lowest BCUT2D eigenvalue weighted by molar-refractivity contribution is -0.128. The molecule has 2 aliphatic heterocycles. The number of hydrogen-bond donors (Lipinski definition) is 2. The van der Waals surface area contributed by atoms with E-state index in [1.165, 1.54) is 5.56 Å². The molecule has 1 aromatic carbocycles. The minimum absolute atomic E-state index is 0.00891. The molecule has 1 aromatic heterocycles. The molecular formula is C22H28N6O2. The van der Waals surface area contributed by atoms with Crippen LogP contribution in [0.25, 0.3) is 11.1 Å². The van der Waals surface area contributed by atoms with Crippen molar-refractivity contribution in [1.82, 2.24) is 14.7 Å². The number of ether oxygens (including phenoxy) is 1. The third kappa shape index (κ3) is 3.53. The molecule has 0 fully saturated rings. The van der Waals surface area contributed by atoms with Crippen molar-refractivity contribution in [2.75, 3.05) is 31.6 Å². The smallest absolute Gasteiger partial charge is 0.219 e. The Bertz CT molecular complexity index is 1040. The standard InChI is InChI=1S/C22H28N6O2/c1-14(29)27-8-6-19(23)18(13-27)22(24)28-7-4-5-15-9-17(16-11-25-26(2)12-16)21(30-3)10-20(15)28/h9-12,24H,4-8,13,23H2,1-3H3. The van der Waals surface area contributed by atoms with Gasteiger partial charge in [0, 0.05) is 73.8 Å². The van der Waals surface area contributed by atoms with E-state index in [1.54, 1.807) is 23.6 Å². The van der Waals surface area contributed by atoms with Crippen LogP contribution in [0.5, 0.6) is 5.75 Å². The number of carbonyl (C=O) groups excluding carboxylic acids is 1. The van der Waals surface area contributed by atoms with Crippen LogP contribution in [0.1, 0.15) is 25.3 Å². The average molecular weight is 409 g/mol. The highest BCUT2D eigenvalue weighted by Crippen LogP contribution is 2.39. The maximum absolute atomic E-state index is 11.9. The number of anilines is 1. The van der Waals surface area contributed by atoms with Crippen molar-refractivity contribution in [2.24, 2.45) is 12.8 Å². The molecule has 2 aromatic rings. The summed E-state index contributed by atoms with van der Waals surface area (Å²) in [5.41, 5.74) is 11.8. The van der Waals surface area contributed by atoms with Gasteiger partial charge < -0.3 is 20.3 Å². The van der Waals surface area contributed by atoms with Crippen molar-refractivity contribution in [2.45, 2.75) is 26.2 Å². The quantitative estimate of drug-likeness (QED) is 0.600. The number of amides is 1. The fraction of sp³-hybridized carbons (Fsp3) is 0.409. The van der Waals surface area contributed by atoms with Crippen LogP contribution in [0.4, 0.5) is 5.69 Å².